The van der Waals surface area contributed by atoms with Crippen molar-refractivity contribution in [3.8, 4) is 0 Å². The molecule has 2 radical (unpaired) electrons. The maximum Gasteiger partial charge on any atom is 3.00 e. The van der Waals surface area contributed by atoms with Crippen molar-refractivity contribution in [3.05, 3.63) is 144 Å². The molecule has 0 aliphatic carbocycles. The van der Waals surface area contributed by atoms with Crippen molar-refractivity contribution in [3.63, 3.8) is 0 Å². The van der Waals surface area contributed by atoms with E-state index in [9.17, 15) is 49.8 Å². The van der Waals surface area contributed by atoms with Crippen molar-refractivity contribution < 1.29 is 164 Å². The predicted molar refractivity (Wildman–Crippen MR) is 222 cm³/mol. The van der Waals surface area contributed by atoms with Gasteiger partial charge in [-0.15, -0.1) is 12.2 Å². The minimum absolute atomic E-state index is 0. The monoisotopic (exact) mass is 1210 g/mol. The van der Waals surface area contributed by atoms with E-state index < -0.39 is 60.5 Å². The second kappa shape index (κ2) is 41.9. The molecule has 6 atom stereocenters. The molecule has 0 saturated heterocycles. The first-order valence-corrected chi connectivity index (χ1v) is 19.6. The van der Waals surface area contributed by atoms with Crippen molar-refractivity contribution in [1.82, 2.24) is 9.80 Å². The number of carbonyl (C=O) groups excluding carboxylic acids is 4. The molecule has 366 valence electrons. The summed E-state index contributed by atoms with van der Waals surface area (Å²) in [5, 5.41) is 98.6. The van der Waals surface area contributed by atoms with Crippen LogP contribution in [0.2, 0.25) is 0 Å². The van der Waals surface area contributed by atoms with Gasteiger partial charge in [-0.25, -0.2) is 0 Å². The minimum atomic E-state index is -1.13. The summed E-state index contributed by atoms with van der Waals surface area (Å²) in [7, 11) is 0. The summed E-state index contributed by atoms with van der Waals surface area (Å²) >= 11 is 0. The molecule has 64 heavy (non-hydrogen) atoms. The molecule has 0 unspecified atom stereocenters. The molecule has 4 aromatic rings. The van der Waals surface area contributed by atoms with Crippen molar-refractivity contribution in [2.45, 2.75) is 78.2 Å². The standard InChI is InChI=1S/2C9H20NO3.4C7H6O2.2Yb/c2*1-7(11)4-10(5-8(2)12)6-9(3)13;4*8-7(9)6-4-2-1-3-5-6;;/h2*7-9,11-12H,4-6H2,1-3H3;4*1-5H,(H,8,9);;/q2*-1;;;;;2*+3/p-4/t2*7-,8+,9-;;;;;;/m10....../s1. The summed E-state index contributed by atoms with van der Waals surface area (Å²) in [5.74, 6) is -4.52. The molecule has 0 bridgehead atoms. The number of hydrogen-bond acceptors (Lipinski definition) is 16. The van der Waals surface area contributed by atoms with E-state index in [2.05, 4.69) is 0 Å². The fourth-order valence-electron chi connectivity index (χ4n) is 4.97. The van der Waals surface area contributed by atoms with Crippen molar-refractivity contribution >= 4 is 23.9 Å². The predicted octanol–water partition coefficient (Wildman–Crippen LogP) is -2.20. The van der Waals surface area contributed by atoms with Crippen molar-refractivity contribution in [2.24, 2.45) is 0 Å². The largest absolute Gasteiger partial charge is 3.00 e. The quantitative estimate of drug-likeness (QED) is 0.0926. The summed E-state index contributed by atoms with van der Waals surface area (Å²) in [6, 6.07) is 32.3. The van der Waals surface area contributed by atoms with Crippen LogP contribution in [0, 0.1) is 93.8 Å². The van der Waals surface area contributed by atoms with Gasteiger partial charge >= 0.3 is 93.8 Å². The molecular weight excluding hydrogens is 1150 g/mol. The van der Waals surface area contributed by atoms with E-state index in [1.807, 2.05) is 0 Å². The summed E-state index contributed by atoms with van der Waals surface area (Å²) < 4.78 is 0. The Kier molecular flexibility index (Phi) is 44.5. The zero-order valence-corrected chi connectivity index (χ0v) is 40.0. The third kappa shape index (κ3) is 42.1. The number of carbonyl (C=O) groups is 4. The van der Waals surface area contributed by atoms with E-state index in [0.29, 0.717) is 39.3 Å². The molecular formula is C46H60N2O14Yb2. The van der Waals surface area contributed by atoms with E-state index >= 15 is 0 Å². The molecule has 0 heterocycles. The molecule has 0 aliphatic rings. The molecule has 4 rings (SSSR count). The molecule has 16 nitrogen and oxygen atoms in total. The molecule has 0 amide bonds. The number of hydrogen-bond donors (Lipinski definition) is 4. The Balaban J connectivity index is -0.000000338. The average Bonchev–Trinajstić information content (AvgIpc) is 3.19. The summed E-state index contributed by atoms with van der Waals surface area (Å²) in [4.78, 5) is 43.9. The molecule has 4 aromatic carbocycles. The second-order valence-electron chi connectivity index (χ2n) is 14.1. The fraction of sp³-hybridized carbons (Fsp3) is 0.391. The number of aliphatic hydroxyl groups is 4. The van der Waals surface area contributed by atoms with Crippen LogP contribution in [0.5, 0.6) is 0 Å². The smallest absolute Gasteiger partial charge is 0.851 e. The van der Waals surface area contributed by atoms with Crippen LogP contribution in [0.25, 0.3) is 0 Å². The molecule has 0 aliphatic heterocycles. The van der Waals surface area contributed by atoms with Gasteiger partial charge in [0, 0.05) is 26.2 Å². The van der Waals surface area contributed by atoms with Crippen molar-refractivity contribution in [2.75, 3.05) is 39.3 Å². The van der Waals surface area contributed by atoms with Gasteiger partial charge in [-0.2, -0.15) is 0 Å². The zero-order valence-electron chi connectivity index (χ0n) is 36.6. The normalized spacial score (nSPS) is 12.6. The Morgan fingerprint density at radius 2 is 0.531 bits per heavy atom. The maximum absolute atomic E-state index is 10.9. The third-order valence-corrected chi connectivity index (χ3v) is 7.16. The van der Waals surface area contributed by atoms with Gasteiger partial charge in [-0.05, 0) is 63.0 Å². The summed E-state index contributed by atoms with van der Waals surface area (Å²) in [5.41, 5.74) is 0.880. The number of carboxylic acids is 4. The van der Waals surface area contributed by atoms with Crippen LogP contribution in [0.1, 0.15) is 83.0 Å². The first kappa shape index (κ1) is 68.1. The van der Waals surface area contributed by atoms with Gasteiger partial charge in [-0.1, -0.05) is 135 Å². The number of aromatic carboxylic acids is 4. The Morgan fingerprint density at radius 1 is 0.375 bits per heavy atom. The van der Waals surface area contributed by atoms with Crippen molar-refractivity contribution in [1.29, 1.82) is 0 Å². The Hall–Kier alpha value is -2.52. The van der Waals surface area contributed by atoms with Gasteiger partial charge in [0.2, 0.25) is 0 Å². The first-order valence-electron chi connectivity index (χ1n) is 19.6. The number of aliphatic hydroxyl groups excluding tert-OH is 4. The van der Waals surface area contributed by atoms with Crippen LogP contribution in [0.4, 0.5) is 0 Å². The summed E-state index contributed by atoms with van der Waals surface area (Å²) in [6.07, 6.45) is -3.21. The Morgan fingerprint density at radius 3 is 0.625 bits per heavy atom. The first-order chi connectivity index (χ1) is 29.0. The van der Waals surface area contributed by atoms with Crippen LogP contribution >= 0.6 is 0 Å². The number of rotatable bonds is 16. The van der Waals surface area contributed by atoms with E-state index in [1.165, 1.54) is 48.5 Å². The van der Waals surface area contributed by atoms with E-state index in [-0.39, 0.29) is 116 Å². The molecule has 0 aromatic heterocycles. The van der Waals surface area contributed by atoms with Crippen LogP contribution < -0.4 is 30.6 Å². The minimum Gasteiger partial charge on any atom is -0.851 e. The molecule has 0 spiro atoms. The zero-order chi connectivity index (χ0) is 47.6. The van der Waals surface area contributed by atoms with Crippen LogP contribution in [0.3, 0.4) is 0 Å². The van der Waals surface area contributed by atoms with Crippen LogP contribution in [-0.2, 0) is 0 Å². The van der Waals surface area contributed by atoms with E-state index in [1.54, 1.807) is 124 Å². The number of benzene rings is 4. The molecule has 0 fully saturated rings. The Labute approximate surface area is 453 Å². The molecule has 18 heteroatoms. The summed E-state index contributed by atoms with van der Waals surface area (Å²) in [6.45, 7) is 12.4. The average molecular weight is 1210 g/mol. The Bertz CT molecular complexity index is 1460. The maximum atomic E-state index is 10.9. The van der Waals surface area contributed by atoms with Gasteiger partial charge in [0.05, 0.1) is 48.3 Å². The number of carboxylic acid groups (broad SMARTS) is 4. The molecule has 4 N–H and O–H groups in total. The second-order valence-corrected chi connectivity index (χ2v) is 14.1. The number of nitrogens with zero attached hydrogens (tertiary/aromatic N) is 2. The van der Waals surface area contributed by atoms with Crippen LogP contribution in [0.15, 0.2) is 121 Å². The molecule has 0 saturated carbocycles. The third-order valence-electron chi connectivity index (χ3n) is 7.16. The van der Waals surface area contributed by atoms with Gasteiger partial charge in [0.25, 0.3) is 0 Å². The van der Waals surface area contributed by atoms with E-state index in [0.717, 1.165) is 0 Å². The van der Waals surface area contributed by atoms with Gasteiger partial charge < -0.3 is 70.2 Å². The fourth-order valence-corrected chi connectivity index (χ4v) is 4.97. The van der Waals surface area contributed by atoms with E-state index in [4.69, 9.17) is 20.4 Å². The van der Waals surface area contributed by atoms with Crippen LogP contribution in [-0.4, -0.2) is 130 Å². The SMILES string of the molecule is C[C@H](O)CN(C[C@@H](C)[O-])C[C@@H](C)O.C[C@H]([O-])CN(C[C@H](C)O)C[C@@H](C)O.O=C([O-])c1ccccc1.O=C([O-])c1ccccc1.O=C([O-])c1ccccc1.O=C([O-])c1ccccc1.[Yb+3].[Yb+3]. The van der Waals surface area contributed by atoms with Gasteiger partial charge in [0.15, 0.2) is 0 Å². The van der Waals surface area contributed by atoms with Gasteiger partial charge in [-0.3, -0.25) is 9.80 Å². The van der Waals surface area contributed by atoms with Gasteiger partial charge in [0.1, 0.15) is 0 Å². The topological polar surface area (TPSA) is 294 Å².